The maximum absolute atomic E-state index is 12.7. The number of hydrogen-bond donors (Lipinski definition) is 1. The average molecular weight is 437 g/mol. The van der Waals surface area contributed by atoms with E-state index in [4.69, 9.17) is 15.5 Å². The maximum atomic E-state index is 12.7. The molecule has 1 atom stereocenters. The fraction of sp³-hybridized carbons (Fsp3) is 0.458. The van der Waals surface area contributed by atoms with Gasteiger partial charge in [-0.3, -0.25) is 9.69 Å². The molecule has 2 N–H and O–H groups in total. The minimum atomic E-state index is 0.0802. The number of anilines is 1. The van der Waals surface area contributed by atoms with E-state index >= 15 is 0 Å². The number of hydrogen-bond acceptors (Lipinski definition) is 7. The highest BCUT2D eigenvalue weighted by molar-refractivity contribution is 7.19. The molecular weight excluding hydrogens is 408 g/mol. The number of carbonyl (C=O) groups is 1. The van der Waals surface area contributed by atoms with Gasteiger partial charge in [0.2, 0.25) is 0 Å². The Labute approximate surface area is 186 Å². The highest BCUT2D eigenvalue weighted by Crippen LogP contribution is 2.37. The maximum Gasteiger partial charge on any atom is 0.164 e. The van der Waals surface area contributed by atoms with Crippen molar-refractivity contribution in [3.63, 3.8) is 0 Å². The number of morpholine rings is 1. The van der Waals surface area contributed by atoms with Crippen LogP contribution in [0.1, 0.15) is 45.9 Å². The third-order valence-corrected chi connectivity index (χ3v) is 7.56. The van der Waals surface area contributed by atoms with Gasteiger partial charge in [-0.2, -0.15) is 0 Å². The zero-order chi connectivity index (χ0) is 21.2. The first-order valence-electron chi connectivity index (χ1n) is 11.2. The Morgan fingerprint density at radius 1 is 1.19 bits per heavy atom. The first-order valence-corrected chi connectivity index (χ1v) is 12.0. The molecule has 31 heavy (non-hydrogen) atoms. The Kier molecular flexibility index (Phi) is 5.98. The summed E-state index contributed by atoms with van der Waals surface area (Å²) in [5, 5.41) is 1.08. The van der Waals surface area contributed by atoms with Crippen molar-refractivity contribution < 1.29 is 9.53 Å². The lowest BCUT2D eigenvalue weighted by Gasteiger charge is -2.35. The second-order valence-corrected chi connectivity index (χ2v) is 9.51. The average Bonchev–Trinajstić information content (AvgIpc) is 3.18. The molecule has 0 spiro atoms. The lowest BCUT2D eigenvalue weighted by molar-refractivity contribution is -0.00813. The number of nitrogens with two attached hydrogens (primary N) is 1. The quantitative estimate of drug-likeness (QED) is 0.594. The van der Waals surface area contributed by atoms with Crippen LogP contribution in [0.5, 0.6) is 0 Å². The van der Waals surface area contributed by atoms with Gasteiger partial charge in [-0.25, -0.2) is 9.97 Å². The van der Waals surface area contributed by atoms with Gasteiger partial charge in [0.1, 0.15) is 16.5 Å². The summed E-state index contributed by atoms with van der Waals surface area (Å²) >= 11 is 1.79. The molecule has 5 rings (SSSR count). The van der Waals surface area contributed by atoms with Gasteiger partial charge >= 0.3 is 0 Å². The Hall–Kier alpha value is -2.35. The van der Waals surface area contributed by atoms with E-state index in [-0.39, 0.29) is 11.8 Å². The third-order valence-electron chi connectivity index (χ3n) is 6.38. The molecule has 0 saturated carbocycles. The van der Waals surface area contributed by atoms with Crippen LogP contribution in [-0.2, 0) is 24.0 Å². The van der Waals surface area contributed by atoms with Gasteiger partial charge in [0, 0.05) is 42.4 Å². The van der Waals surface area contributed by atoms with Gasteiger partial charge < -0.3 is 10.5 Å². The van der Waals surface area contributed by atoms with Gasteiger partial charge in [-0.15, -0.1) is 11.3 Å². The van der Waals surface area contributed by atoms with Crippen LogP contribution in [0.25, 0.3) is 10.2 Å². The van der Waals surface area contributed by atoms with Crippen LogP contribution < -0.4 is 5.73 Å². The number of carbonyl (C=O) groups excluding carboxylic acids is 1. The smallest absolute Gasteiger partial charge is 0.164 e. The molecule has 1 aromatic carbocycles. The summed E-state index contributed by atoms with van der Waals surface area (Å²) in [4.78, 5) is 27.0. The van der Waals surface area contributed by atoms with Gasteiger partial charge in [0.25, 0.3) is 0 Å². The number of ether oxygens (including phenoxy) is 1. The monoisotopic (exact) mass is 436 g/mol. The molecule has 3 aromatic rings. The minimum absolute atomic E-state index is 0.0802. The fourth-order valence-corrected chi connectivity index (χ4v) is 6.00. The number of nitrogens with zero attached hydrogens (tertiary/aromatic N) is 3. The van der Waals surface area contributed by atoms with Crippen molar-refractivity contribution in [1.29, 1.82) is 0 Å². The van der Waals surface area contributed by atoms with Crippen LogP contribution in [0.3, 0.4) is 0 Å². The van der Waals surface area contributed by atoms with Gasteiger partial charge in [0.15, 0.2) is 5.78 Å². The fourth-order valence-electron chi connectivity index (χ4n) is 4.71. The Bertz CT molecular complexity index is 1080. The number of thiophene rings is 1. The summed E-state index contributed by atoms with van der Waals surface area (Å²) in [5.41, 5.74) is 8.51. The Morgan fingerprint density at radius 3 is 2.90 bits per heavy atom. The van der Waals surface area contributed by atoms with E-state index in [1.807, 2.05) is 30.3 Å². The normalized spacial score (nSPS) is 19.4. The van der Waals surface area contributed by atoms with Crippen LogP contribution in [0.15, 0.2) is 30.3 Å². The molecule has 1 saturated heterocycles. The molecule has 0 radical (unpaired) electrons. The topological polar surface area (TPSA) is 81.3 Å². The molecule has 2 aromatic heterocycles. The molecule has 0 amide bonds. The molecule has 7 heteroatoms. The lowest BCUT2D eigenvalue weighted by atomic mass is 9.97. The van der Waals surface area contributed by atoms with Crippen molar-refractivity contribution in [2.45, 2.75) is 44.6 Å². The SMILES string of the molecule is Nc1nc(CCN2CCOCC2CC(=O)c2ccccc2)nc2sc3c(c12)CCCC3. The third kappa shape index (κ3) is 4.35. The second-order valence-electron chi connectivity index (χ2n) is 8.42. The summed E-state index contributed by atoms with van der Waals surface area (Å²) in [7, 11) is 0. The number of ketones is 1. The van der Waals surface area contributed by atoms with Crippen LogP contribution >= 0.6 is 11.3 Å². The number of aryl methyl sites for hydroxylation is 2. The zero-order valence-electron chi connectivity index (χ0n) is 17.7. The number of Topliss-reactive ketones (excluding diaryl/α,β-unsaturated/α-hetero) is 1. The molecule has 6 nitrogen and oxygen atoms in total. The largest absolute Gasteiger partial charge is 0.383 e. The summed E-state index contributed by atoms with van der Waals surface area (Å²) in [6, 6.07) is 9.58. The lowest BCUT2D eigenvalue weighted by Crippen LogP contribution is -2.47. The Balaban J connectivity index is 1.28. The van der Waals surface area contributed by atoms with E-state index in [0.717, 1.165) is 54.0 Å². The van der Waals surface area contributed by atoms with Crippen molar-refractivity contribution >= 4 is 33.2 Å². The van der Waals surface area contributed by atoms with E-state index in [1.54, 1.807) is 11.3 Å². The number of nitrogen functional groups attached to an aromatic ring is 1. The highest BCUT2D eigenvalue weighted by Gasteiger charge is 2.26. The molecule has 1 fully saturated rings. The number of benzene rings is 1. The van der Waals surface area contributed by atoms with E-state index in [1.165, 1.54) is 23.3 Å². The molecule has 0 bridgehead atoms. The molecular formula is C24H28N4O2S. The predicted octanol–water partition coefficient (Wildman–Crippen LogP) is 3.67. The predicted molar refractivity (Wildman–Crippen MR) is 124 cm³/mol. The van der Waals surface area contributed by atoms with Crippen LogP contribution in [-0.4, -0.2) is 53.0 Å². The second kappa shape index (κ2) is 9.02. The summed E-state index contributed by atoms with van der Waals surface area (Å²) in [6.07, 6.45) is 5.88. The van der Waals surface area contributed by atoms with E-state index in [2.05, 4.69) is 9.88 Å². The van der Waals surface area contributed by atoms with Crippen LogP contribution in [0.4, 0.5) is 5.82 Å². The van der Waals surface area contributed by atoms with Crippen molar-refractivity contribution in [1.82, 2.24) is 14.9 Å². The number of rotatable bonds is 6. The summed E-state index contributed by atoms with van der Waals surface area (Å²) in [5.74, 6) is 1.58. The van der Waals surface area contributed by atoms with Crippen LogP contribution in [0.2, 0.25) is 0 Å². The number of aromatic nitrogens is 2. The van der Waals surface area contributed by atoms with Gasteiger partial charge in [0.05, 0.1) is 18.6 Å². The summed E-state index contributed by atoms with van der Waals surface area (Å²) < 4.78 is 5.68. The van der Waals surface area contributed by atoms with Crippen molar-refractivity contribution in [2.75, 3.05) is 32.0 Å². The van der Waals surface area contributed by atoms with Gasteiger partial charge in [-0.05, 0) is 31.2 Å². The van der Waals surface area contributed by atoms with E-state index in [0.29, 0.717) is 25.5 Å². The molecule has 3 heterocycles. The first-order chi connectivity index (χ1) is 15.2. The van der Waals surface area contributed by atoms with Gasteiger partial charge in [-0.1, -0.05) is 30.3 Å². The molecule has 1 aliphatic carbocycles. The van der Waals surface area contributed by atoms with Crippen molar-refractivity contribution in [3.8, 4) is 0 Å². The summed E-state index contributed by atoms with van der Waals surface area (Å²) in [6.45, 7) is 2.89. The van der Waals surface area contributed by atoms with Crippen molar-refractivity contribution in [2.24, 2.45) is 0 Å². The molecule has 1 unspecified atom stereocenters. The highest BCUT2D eigenvalue weighted by atomic mass is 32.1. The molecule has 162 valence electrons. The molecule has 1 aliphatic heterocycles. The number of fused-ring (bicyclic) bond motifs is 3. The standard InChI is InChI=1S/C24H28N4O2S/c25-23-22-18-8-4-5-9-20(18)31-24(22)27-21(26-23)10-11-28-12-13-30-15-17(28)14-19(29)16-6-2-1-3-7-16/h1-3,6-7,17H,4-5,8-15H2,(H2,25,26,27). The van der Waals surface area contributed by atoms with Crippen molar-refractivity contribution in [3.05, 3.63) is 52.2 Å². The van der Waals surface area contributed by atoms with Crippen LogP contribution in [0, 0.1) is 0 Å². The van der Waals surface area contributed by atoms with E-state index in [9.17, 15) is 4.79 Å². The first kappa shape index (κ1) is 20.5. The van der Waals surface area contributed by atoms with E-state index < -0.39 is 0 Å². The minimum Gasteiger partial charge on any atom is -0.383 e. The zero-order valence-corrected chi connectivity index (χ0v) is 18.5. The Morgan fingerprint density at radius 2 is 2.03 bits per heavy atom. The molecule has 2 aliphatic rings.